The Morgan fingerprint density at radius 1 is 1.28 bits per heavy atom. The Labute approximate surface area is 232 Å². The minimum Gasteiger partial charge on any atom is -0.367 e. The van der Waals surface area contributed by atoms with Gasteiger partial charge in [0.1, 0.15) is 12.1 Å². The van der Waals surface area contributed by atoms with Crippen LogP contribution in [0.15, 0.2) is 54.4 Å². The van der Waals surface area contributed by atoms with Gasteiger partial charge in [-0.2, -0.15) is 8.42 Å². The van der Waals surface area contributed by atoms with E-state index < -0.39 is 10.3 Å². The van der Waals surface area contributed by atoms with Crippen LogP contribution in [0, 0.1) is 5.92 Å². The summed E-state index contributed by atoms with van der Waals surface area (Å²) in [6.07, 6.45) is 7.44. The SMILES string of the molecule is CN(C)Cc1cn(Cc2csc(C(=O)c3cncnc3N[C@H]3CC[C@@H](COS(N)(=O)=O)C3)c2)c2ccccc12. The molecule has 3 aromatic heterocycles. The van der Waals surface area contributed by atoms with Crippen molar-refractivity contribution in [3.8, 4) is 0 Å². The van der Waals surface area contributed by atoms with E-state index in [-0.39, 0.29) is 24.3 Å². The van der Waals surface area contributed by atoms with Gasteiger partial charge < -0.3 is 14.8 Å². The molecule has 10 nitrogen and oxygen atoms in total. The second-order valence-corrected chi connectivity index (χ2v) is 12.4. The van der Waals surface area contributed by atoms with Crippen molar-refractivity contribution in [1.29, 1.82) is 0 Å². The summed E-state index contributed by atoms with van der Waals surface area (Å²) in [7, 11) is 0.168. The molecule has 1 saturated carbocycles. The predicted octanol–water partition coefficient (Wildman–Crippen LogP) is 3.63. The highest BCUT2D eigenvalue weighted by atomic mass is 32.2. The number of ketones is 1. The van der Waals surface area contributed by atoms with Crippen molar-refractivity contribution < 1.29 is 17.4 Å². The monoisotopic (exact) mass is 568 g/mol. The highest BCUT2D eigenvalue weighted by Crippen LogP contribution is 2.30. The molecule has 3 N–H and O–H groups in total. The number of carbonyl (C=O) groups is 1. The van der Waals surface area contributed by atoms with Crippen LogP contribution in [-0.2, 0) is 27.6 Å². The number of aromatic nitrogens is 3. The van der Waals surface area contributed by atoms with Crippen LogP contribution in [0.3, 0.4) is 0 Å². The van der Waals surface area contributed by atoms with Crippen LogP contribution in [0.2, 0.25) is 0 Å². The van der Waals surface area contributed by atoms with E-state index in [9.17, 15) is 13.2 Å². The van der Waals surface area contributed by atoms with Crippen LogP contribution >= 0.6 is 11.3 Å². The van der Waals surface area contributed by atoms with Crippen molar-refractivity contribution in [2.75, 3.05) is 26.0 Å². The fourth-order valence-electron chi connectivity index (χ4n) is 5.18. The Morgan fingerprint density at radius 3 is 2.90 bits per heavy atom. The molecule has 1 aliphatic rings. The van der Waals surface area contributed by atoms with E-state index in [1.807, 2.05) is 17.5 Å². The normalized spacial score (nSPS) is 17.7. The third kappa shape index (κ3) is 6.71. The molecule has 0 saturated heterocycles. The first kappa shape index (κ1) is 27.4. The molecule has 0 amide bonds. The van der Waals surface area contributed by atoms with Gasteiger partial charge in [-0.15, -0.1) is 11.3 Å². The topological polar surface area (TPSA) is 132 Å². The van der Waals surface area contributed by atoms with Crippen molar-refractivity contribution in [3.05, 3.63) is 76.0 Å². The number of hydrogen-bond donors (Lipinski definition) is 2. The number of nitrogens with zero attached hydrogens (tertiary/aromatic N) is 4. The van der Waals surface area contributed by atoms with E-state index in [1.165, 1.54) is 34.1 Å². The molecule has 5 rings (SSSR count). The first-order valence-corrected chi connectivity index (χ1v) is 15.1. The maximum atomic E-state index is 13.5. The average Bonchev–Trinajstić information content (AvgIpc) is 3.62. The highest BCUT2D eigenvalue weighted by molar-refractivity contribution is 7.84. The molecule has 0 spiro atoms. The van der Waals surface area contributed by atoms with Gasteiger partial charge in [-0.3, -0.25) is 8.98 Å². The third-order valence-corrected chi connectivity index (χ3v) is 8.34. The number of benzene rings is 1. The van der Waals surface area contributed by atoms with Crippen LogP contribution in [-0.4, -0.2) is 60.4 Å². The quantitative estimate of drug-likeness (QED) is 0.262. The molecule has 2 atom stereocenters. The first-order valence-electron chi connectivity index (χ1n) is 12.7. The average molecular weight is 569 g/mol. The largest absolute Gasteiger partial charge is 0.367 e. The number of anilines is 1. The van der Waals surface area contributed by atoms with Gasteiger partial charge >= 0.3 is 10.3 Å². The van der Waals surface area contributed by atoms with Crippen molar-refractivity contribution >= 4 is 44.1 Å². The number of rotatable bonds is 11. The number of para-hydroxylation sites is 1. The molecule has 0 bridgehead atoms. The molecule has 206 valence electrons. The Balaban J connectivity index is 1.29. The van der Waals surface area contributed by atoms with Gasteiger partial charge in [0.05, 0.1) is 17.0 Å². The fourth-order valence-corrected chi connectivity index (χ4v) is 6.42. The summed E-state index contributed by atoms with van der Waals surface area (Å²) in [5, 5.41) is 11.6. The predicted molar refractivity (Wildman–Crippen MR) is 152 cm³/mol. The van der Waals surface area contributed by atoms with Crippen molar-refractivity contribution in [2.24, 2.45) is 11.1 Å². The van der Waals surface area contributed by atoms with Crippen molar-refractivity contribution in [2.45, 2.75) is 38.4 Å². The number of carbonyl (C=O) groups excluding carboxylic acids is 1. The zero-order chi connectivity index (χ0) is 27.6. The third-order valence-electron chi connectivity index (χ3n) is 6.90. The molecule has 3 heterocycles. The van der Waals surface area contributed by atoms with Crippen LogP contribution in [0.5, 0.6) is 0 Å². The highest BCUT2D eigenvalue weighted by Gasteiger charge is 2.28. The fraction of sp³-hybridized carbons (Fsp3) is 0.370. The summed E-state index contributed by atoms with van der Waals surface area (Å²) in [6, 6.07) is 10.4. The summed E-state index contributed by atoms with van der Waals surface area (Å²) in [5.41, 5.74) is 3.90. The second kappa shape index (κ2) is 11.5. The van der Waals surface area contributed by atoms with E-state index in [1.54, 1.807) is 6.20 Å². The van der Waals surface area contributed by atoms with E-state index in [4.69, 9.17) is 9.32 Å². The van der Waals surface area contributed by atoms with Gasteiger partial charge in [0.15, 0.2) is 0 Å². The smallest absolute Gasteiger partial charge is 0.333 e. The number of thiophene rings is 1. The summed E-state index contributed by atoms with van der Waals surface area (Å²) < 4.78 is 29.2. The Bertz CT molecular complexity index is 1580. The maximum absolute atomic E-state index is 13.5. The van der Waals surface area contributed by atoms with E-state index in [0.717, 1.165) is 24.9 Å². The molecule has 0 radical (unpaired) electrons. The summed E-state index contributed by atoms with van der Waals surface area (Å²) in [4.78, 5) is 24.7. The number of fused-ring (bicyclic) bond motifs is 1. The zero-order valence-corrected chi connectivity index (χ0v) is 23.5. The van der Waals surface area contributed by atoms with E-state index >= 15 is 0 Å². The second-order valence-electron chi connectivity index (χ2n) is 10.3. The molecule has 4 aromatic rings. The maximum Gasteiger partial charge on any atom is 0.333 e. The van der Waals surface area contributed by atoms with Gasteiger partial charge in [0.25, 0.3) is 0 Å². The van der Waals surface area contributed by atoms with Gasteiger partial charge in [0, 0.05) is 42.4 Å². The first-order chi connectivity index (χ1) is 18.7. The molecule has 1 aliphatic carbocycles. The Morgan fingerprint density at radius 2 is 2.10 bits per heavy atom. The van der Waals surface area contributed by atoms with Crippen LogP contribution in [0.25, 0.3) is 10.9 Å². The van der Waals surface area contributed by atoms with E-state index in [0.29, 0.717) is 29.2 Å². The summed E-state index contributed by atoms with van der Waals surface area (Å²) >= 11 is 1.42. The lowest BCUT2D eigenvalue weighted by Gasteiger charge is -2.15. The molecular weight excluding hydrogens is 536 g/mol. The van der Waals surface area contributed by atoms with Crippen LogP contribution < -0.4 is 10.5 Å². The number of hydrogen-bond acceptors (Lipinski definition) is 9. The lowest BCUT2D eigenvalue weighted by Crippen LogP contribution is -2.22. The number of nitrogens with two attached hydrogens (primary N) is 1. The van der Waals surface area contributed by atoms with Gasteiger partial charge in [-0.1, -0.05) is 18.2 Å². The number of nitrogens with one attached hydrogen (secondary N) is 1. The van der Waals surface area contributed by atoms with Gasteiger partial charge in [0.2, 0.25) is 5.78 Å². The standard InChI is InChI=1S/C27H32N6O4S2/c1-32(2)13-20-14-33(24-6-4-3-5-22(20)24)12-19-10-25(38-16-19)26(34)23-11-29-17-30-27(23)31-21-8-7-18(9-21)15-37-39(28,35)36/h3-6,10-11,14,16-18,21H,7-9,12-13,15H2,1-2H3,(H2,28,35,36)(H,29,30,31)/t18-,21+/m1/s1. The molecular formula is C27H32N6O4S2. The summed E-state index contributed by atoms with van der Waals surface area (Å²) in [6.45, 7) is 1.57. The van der Waals surface area contributed by atoms with Crippen molar-refractivity contribution in [1.82, 2.24) is 19.4 Å². The molecule has 12 heteroatoms. The molecule has 39 heavy (non-hydrogen) atoms. The Kier molecular flexibility index (Phi) is 8.10. The van der Waals surface area contributed by atoms with Gasteiger partial charge in [-0.25, -0.2) is 15.1 Å². The molecule has 1 aromatic carbocycles. The van der Waals surface area contributed by atoms with Crippen molar-refractivity contribution in [3.63, 3.8) is 0 Å². The lowest BCUT2D eigenvalue weighted by atomic mass is 10.1. The van der Waals surface area contributed by atoms with E-state index in [2.05, 4.69) is 63.2 Å². The minimum absolute atomic E-state index is 0.0396. The lowest BCUT2D eigenvalue weighted by molar-refractivity contribution is 0.104. The molecule has 0 unspecified atom stereocenters. The minimum atomic E-state index is -3.96. The van der Waals surface area contributed by atoms with Gasteiger partial charge in [-0.05, 0) is 67.9 Å². The zero-order valence-electron chi connectivity index (χ0n) is 21.9. The Hall–Kier alpha value is -3.16. The molecule has 1 fully saturated rings. The van der Waals surface area contributed by atoms with Crippen LogP contribution in [0.1, 0.15) is 45.6 Å². The molecule has 0 aliphatic heterocycles. The summed E-state index contributed by atoms with van der Waals surface area (Å²) in [5.74, 6) is 0.407. The van der Waals surface area contributed by atoms with Crippen LogP contribution in [0.4, 0.5) is 5.82 Å².